The lowest BCUT2D eigenvalue weighted by atomic mass is 9.81. The van der Waals surface area contributed by atoms with Gasteiger partial charge in [-0.2, -0.15) is 0 Å². The first-order chi connectivity index (χ1) is 5.27. The second-order valence-corrected chi connectivity index (χ2v) is 3.38. The molecule has 2 nitrogen and oxygen atoms in total. The van der Waals surface area contributed by atoms with Crippen molar-refractivity contribution in [3.8, 4) is 0 Å². The van der Waals surface area contributed by atoms with Crippen molar-refractivity contribution in [1.29, 1.82) is 0 Å². The maximum atomic E-state index is 8.97. The Morgan fingerprint density at radius 2 is 2.00 bits per heavy atom. The standard InChI is InChI=1S/C9H16O2/c1-7-2-3-8(5-10)9(4-7)6-11/h2,8-11H,3-6H2,1H3/t8-,9+/m1/s1. The molecule has 0 heterocycles. The Morgan fingerprint density at radius 1 is 1.36 bits per heavy atom. The van der Waals surface area contributed by atoms with E-state index in [1.807, 2.05) is 0 Å². The first-order valence-corrected chi connectivity index (χ1v) is 4.15. The predicted molar refractivity (Wildman–Crippen MR) is 44.1 cm³/mol. The fourth-order valence-corrected chi connectivity index (χ4v) is 1.65. The summed E-state index contributed by atoms with van der Waals surface area (Å²) in [7, 11) is 0. The van der Waals surface area contributed by atoms with Gasteiger partial charge in [0.15, 0.2) is 0 Å². The van der Waals surface area contributed by atoms with E-state index in [4.69, 9.17) is 10.2 Å². The summed E-state index contributed by atoms with van der Waals surface area (Å²) >= 11 is 0. The lowest BCUT2D eigenvalue weighted by molar-refractivity contribution is 0.115. The third-order valence-corrected chi connectivity index (χ3v) is 2.49. The van der Waals surface area contributed by atoms with E-state index in [9.17, 15) is 0 Å². The predicted octanol–water partition coefficient (Wildman–Crippen LogP) is 0.944. The van der Waals surface area contributed by atoms with E-state index in [-0.39, 0.29) is 25.0 Å². The summed E-state index contributed by atoms with van der Waals surface area (Å²) in [6, 6.07) is 0. The Labute approximate surface area is 67.6 Å². The van der Waals surface area contributed by atoms with E-state index in [1.54, 1.807) is 0 Å². The van der Waals surface area contributed by atoms with Crippen molar-refractivity contribution in [2.24, 2.45) is 11.8 Å². The topological polar surface area (TPSA) is 40.5 Å². The van der Waals surface area contributed by atoms with Crippen LogP contribution in [0.3, 0.4) is 0 Å². The number of rotatable bonds is 2. The van der Waals surface area contributed by atoms with Gasteiger partial charge in [0, 0.05) is 13.2 Å². The van der Waals surface area contributed by atoms with Crippen molar-refractivity contribution >= 4 is 0 Å². The first-order valence-electron chi connectivity index (χ1n) is 4.15. The normalized spacial score (nSPS) is 31.7. The van der Waals surface area contributed by atoms with Crippen molar-refractivity contribution in [1.82, 2.24) is 0 Å². The molecule has 2 atom stereocenters. The minimum Gasteiger partial charge on any atom is -0.396 e. The molecule has 0 saturated carbocycles. The van der Waals surface area contributed by atoms with Crippen LogP contribution >= 0.6 is 0 Å². The van der Waals surface area contributed by atoms with Gasteiger partial charge >= 0.3 is 0 Å². The monoisotopic (exact) mass is 156 g/mol. The van der Waals surface area contributed by atoms with Crippen molar-refractivity contribution in [3.63, 3.8) is 0 Å². The molecule has 0 bridgehead atoms. The van der Waals surface area contributed by atoms with Gasteiger partial charge in [0.05, 0.1) is 0 Å². The third kappa shape index (κ3) is 2.04. The van der Waals surface area contributed by atoms with Gasteiger partial charge in [0.2, 0.25) is 0 Å². The van der Waals surface area contributed by atoms with Crippen molar-refractivity contribution in [3.05, 3.63) is 11.6 Å². The smallest absolute Gasteiger partial charge is 0.0465 e. The summed E-state index contributed by atoms with van der Waals surface area (Å²) in [6.45, 7) is 2.49. The molecule has 1 aliphatic carbocycles. The maximum absolute atomic E-state index is 8.97. The molecule has 0 saturated heterocycles. The van der Waals surface area contributed by atoms with Gasteiger partial charge in [-0.05, 0) is 31.6 Å². The lowest BCUT2D eigenvalue weighted by Gasteiger charge is -2.27. The van der Waals surface area contributed by atoms with Crippen molar-refractivity contribution < 1.29 is 10.2 Å². The zero-order chi connectivity index (χ0) is 8.27. The van der Waals surface area contributed by atoms with E-state index in [2.05, 4.69) is 13.0 Å². The summed E-state index contributed by atoms with van der Waals surface area (Å²) in [6.07, 6.45) is 4.03. The SMILES string of the molecule is CC1=CC[C@H](CO)[C@H](CO)C1. The van der Waals surface area contributed by atoms with E-state index < -0.39 is 0 Å². The van der Waals surface area contributed by atoms with Gasteiger partial charge in [-0.25, -0.2) is 0 Å². The van der Waals surface area contributed by atoms with Crippen LogP contribution in [0.5, 0.6) is 0 Å². The molecule has 0 fully saturated rings. The summed E-state index contributed by atoms with van der Waals surface area (Å²) in [5, 5.41) is 17.9. The molecule has 0 spiro atoms. The van der Waals surface area contributed by atoms with Crippen LogP contribution in [0.1, 0.15) is 19.8 Å². The minimum atomic E-state index is 0.203. The minimum absolute atomic E-state index is 0.203. The lowest BCUT2D eigenvalue weighted by Crippen LogP contribution is -2.24. The Balaban J connectivity index is 2.55. The van der Waals surface area contributed by atoms with Crippen LogP contribution in [0.25, 0.3) is 0 Å². The van der Waals surface area contributed by atoms with Crippen LogP contribution in [-0.4, -0.2) is 23.4 Å². The molecule has 11 heavy (non-hydrogen) atoms. The van der Waals surface area contributed by atoms with Crippen molar-refractivity contribution in [2.45, 2.75) is 19.8 Å². The van der Waals surface area contributed by atoms with Gasteiger partial charge in [0.1, 0.15) is 0 Å². The van der Waals surface area contributed by atoms with E-state index in [0.717, 1.165) is 12.8 Å². The average molecular weight is 156 g/mol. The van der Waals surface area contributed by atoms with Crippen LogP contribution in [0.4, 0.5) is 0 Å². The highest BCUT2D eigenvalue weighted by atomic mass is 16.3. The van der Waals surface area contributed by atoms with Crippen LogP contribution in [-0.2, 0) is 0 Å². The Morgan fingerprint density at radius 3 is 2.55 bits per heavy atom. The summed E-state index contributed by atoms with van der Waals surface area (Å²) in [5.74, 6) is 0.564. The molecule has 1 rings (SSSR count). The largest absolute Gasteiger partial charge is 0.396 e. The summed E-state index contributed by atoms with van der Waals surface area (Å²) in [5.41, 5.74) is 1.34. The van der Waals surface area contributed by atoms with E-state index >= 15 is 0 Å². The zero-order valence-corrected chi connectivity index (χ0v) is 6.95. The molecule has 2 N–H and O–H groups in total. The molecule has 0 radical (unpaired) electrons. The molecule has 0 aliphatic heterocycles. The Bertz CT molecular complexity index is 152. The number of hydrogen-bond acceptors (Lipinski definition) is 2. The second kappa shape index (κ2) is 3.88. The van der Waals surface area contributed by atoms with Crippen LogP contribution in [0.15, 0.2) is 11.6 Å². The van der Waals surface area contributed by atoms with E-state index in [0.29, 0.717) is 0 Å². The van der Waals surface area contributed by atoms with Crippen LogP contribution in [0.2, 0.25) is 0 Å². The fourth-order valence-electron chi connectivity index (χ4n) is 1.65. The zero-order valence-electron chi connectivity index (χ0n) is 6.95. The van der Waals surface area contributed by atoms with Gasteiger partial charge in [-0.15, -0.1) is 0 Å². The number of hydrogen-bond donors (Lipinski definition) is 2. The first kappa shape index (κ1) is 8.75. The van der Waals surface area contributed by atoms with Gasteiger partial charge < -0.3 is 10.2 Å². The molecule has 0 aromatic carbocycles. The van der Waals surface area contributed by atoms with Crippen LogP contribution < -0.4 is 0 Å². The highest BCUT2D eigenvalue weighted by Crippen LogP contribution is 2.28. The Hall–Kier alpha value is -0.340. The average Bonchev–Trinajstić information content (AvgIpc) is 2.04. The number of aliphatic hydroxyl groups is 2. The second-order valence-electron chi connectivity index (χ2n) is 3.38. The number of aliphatic hydroxyl groups excluding tert-OH is 2. The summed E-state index contributed by atoms with van der Waals surface area (Å²) in [4.78, 5) is 0. The van der Waals surface area contributed by atoms with Gasteiger partial charge in [0.25, 0.3) is 0 Å². The van der Waals surface area contributed by atoms with Crippen LogP contribution in [0, 0.1) is 11.8 Å². The third-order valence-electron chi connectivity index (χ3n) is 2.49. The molecule has 0 aromatic heterocycles. The highest BCUT2D eigenvalue weighted by Gasteiger charge is 2.22. The quantitative estimate of drug-likeness (QED) is 0.584. The maximum Gasteiger partial charge on any atom is 0.0465 e. The van der Waals surface area contributed by atoms with Gasteiger partial charge in [-0.3, -0.25) is 0 Å². The molecule has 0 amide bonds. The van der Waals surface area contributed by atoms with Gasteiger partial charge in [-0.1, -0.05) is 11.6 Å². The molecular weight excluding hydrogens is 140 g/mol. The molecule has 0 unspecified atom stereocenters. The van der Waals surface area contributed by atoms with Crippen molar-refractivity contribution in [2.75, 3.05) is 13.2 Å². The molecule has 2 heteroatoms. The summed E-state index contributed by atoms with van der Waals surface area (Å²) < 4.78 is 0. The fraction of sp³-hybridized carbons (Fsp3) is 0.778. The molecule has 0 aromatic rings. The highest BCUT2D eigenvalue weighted by molar-refractivity contribution is 5.05. The number of allylic oxidation sites excluding steroid dienone is 2. The Kier molecular flexibility index (Phi) is 3.09. The molecule has 1 aliphatic rings. The molecule has 64 valence electrons. The molecular formula is C9H16O2. The van der Waals surface area contributed by atoms with E-state index in [1.165, 1.54) is 5.57 Å².